The van der Waals surface area contributed by atoms with Crippen LogP contribution in [0.3, 0.4) is 0 Å². The lowest BCUT2D eigenvalue weighted by molar-refractivity contribution is 0.0691. The zero-order chi connectivity index (χ0) is 12.5. The Bertz CT molecular complexity index is 606. The number of aromatic carboxylic acids is 1. The number of carbonyl (C=O) groups is 1. The van der Waals surface area contributed by atoms with E-state index < -0.39 is 5.97 Å². The van der Waals surface area contributed by atoms with Crippen LogP contribution in [0.5, 0.6) is 0 Å². The van der Waals surface area contributed by atoms with Gasteiger partial charge in [-0.3, -0.25) is 0 Å². The van der Waals surface area contributed by atoms with Crippen molar-refractivity contribution in [1.29, 1.82) is 0 Å². The van der Waals surface area contributed by atoms with Gasteiger partial charge >= 0.3 is 5.97 Å². The molecule has 0 bridgehead atoms. The number of anilines is 1. The van der Waals surface area contributed by atoms with Crippen molar-refractivity contribution in [3.05, 3.63) is 36.0 Å². The summed E-state index contributed by atoms with van der Waals surface area (Å²) in [5, 5.41) is 13.4. The molecule has 4 nitrogen and oxygen atoms in total. The lowest BCUT2D eigenvalue weighted by Gasteiger charge is -2.10. The molecule has 0 amide bonds. The maximum Gasteiger partial charge on any atom is 0.354 e. The highest BCUT2D eigenvalue weighted by Crippen LogP contribution is 2.30. The number of benzene rings is 1. The normalized spacial score (nSPS) is 14.7. The van der Waals surface area contributed by atoms with E-state index in [1.165, 1.54) is 12.8 Å². The lowest BCUT2D eigenvalue weighted by atomic mass is 10.1. The molecule has 0 aliphatic heterocycles. The van der Waals surface area contributed by atoms with Crippen LogP contribution in [0.15, 0.2) is 30.3 Å². The van der Waals surface area contributed by atoms with Gasteiger partial charge in [-0.2, -0.15) is 0 Å². The molecule has 92 valence electrons. The lowest BCUT2D eigenvalue weighted by Crippen LogP contribution is -2.07. The average molecular weight is 242 g/mol. The van der Waals surface area contributed by atoms with Crippen LogP contribution >= 0.6 is 0 Å². The Labute approximate surface area is 105 Å². The summed E-state index contributed by atoms with van der Waals surface area (Å²) in [6, 6.07) is 9.22. The number of fused-ring (bicyclic) bond motifs is 1. The maximum atomic E-state index is 11.1. The third-order valence-corrected chi connectivity index (χ3v) is 3.21. The highest BCUT2D eigenvalue weighted by molar-refractivity contribution is 5.97. The standard InChI is InChI=1S/C14H14N2O2/c17-14(18)13-7-12(15-8-9-5-6-9)10-3-1-2-4-11(10)16-13/h1-4,7,9H,5-6,8H2,(H,15,16)(H,17,18). The molecule has 0 unspecified atom stereocenters. The highest BCUT2D eigenvalue weighted by atomic mass is 16.4. The van der Waals surface area contributed by atoms with Crippen molar-refractivity contribution < 1.29 is 9.90 Å². The quantitative estimate of drug-likeness (QED) is 0.865. The van der Waals surface area contributed by atoms with Gasteiger partial charge < -0.3 is 10.4 Å². The van der Waals surface area contributed by atoms with Crippen LogP contribution < -0.4 is 5.32 Å². The second-order valence-corrected chi connectivity index (χ2v) is 4.70. The van der Waals surface area contributed by atoms with E-state index in [-0.39, 0.29) is 5.69 Å². The highest BCUT2D eigenvalue weighted by Gasteiger charge is 2.21. The minimum atomic E-state index is -0.991. The Hall–Kier alpha value is -2.10. The molecular formula is C14H14N2O2. The van der Waals surface area contributed by atoms with Crippen LogP contribution in [0.4, 0.5) is 5.69 Å². The Morgan fingerprint density at radius 1 is 1.39 bits per heavy atom. The summed E-state index contributed by atoms with van der Waals surface area (Å²) in [6.07, 6.45) is 2.53. The van der Waals surface area contributed by atoms with Crippen molar-refractivity contribution in [3.8, 4) is 0 Å². The second kappa shape index (κ2) is 4.29. The van der Waals surface area contributed by atoms with Gasteiger partial charge in [0.1, 0.15) is 0 Å². The van der Waals surface area contributed by atoms with Crippen LogP contribution in [0.2, 0.25) is 0 Å². The number of hydrogen-bond donors (Lipinski definition) is 2. The third kappa shape index (κ3) is 2.14. The number of carboxylic acids is 1. The van der Waals surface area contributed by atoms with Crippen LogP contribution in [0, 0.1) is 5.92 Å². The number of nitrogens with one attached hydrogen (secondary N) is 1. The van der Waals surface area contributed by atoms with Crippen LogP contribution in [0.25, 0.3) is 10.9 Å². The molecule has 1 aromatic heterocycles. The van der Waals surface area contributed by atoms with Gasteiger partial charge in [-0.05, 0) is 30.9 Å². The SMILES string of the molecule is O=C(O)c1cc(NCC2CC2)c2ccccc2n1. The second-order valence-electron chi connectivity index (χ2n) is 4.70. The topological polar surface area (TPSA) is 62.2 Å². The first-order chi connectivity index (χ1) is 8.74. The Morgan fingerprint density at radius 3 is 2.89 bits per heavy atom. The molecule has 1 fully saturated rings. The third-order valence-electron chi connectivity index (χ3n) is 3.21. The number of carboxylic acid groups (broad SMARTS) is 1. The fraction of sp³-hybridized carbons (Fsp3) is 0.286. The van der Waals surface area contributed by atoms with E-state index in [9.17, 15) is 4.79 Å². The summed E-state index contributed by atoms with van der Waals surface area (Å²) in [5.41, 5.74) is 1.67. The molecule has 1 heterocycles. The molecule has 0 atom stereocenters. The fourth-order valence-electron chi connectivity index (χ4n) is 2.01. The monoisotopic (exact) mass is 242 g/mol. The van der Waals surface area contributed by atoms with Crippen molar-refractivity contribution in [3.63, 3.8) is 0 Å². The van der Waals surface area contributed by atoms with Gasteiger partial charge in [0.25, 0.3) is 0 Å². The average Bonchev–Trinajstić information content (AvgIpc) is 3.19. The van der Waals surface area contributed by atoms with E-state index in [1.807, 2.05) is 24.3 Å². The Balaban J connectivity index is 2.03. The van der Waals surface area contributed by atoms with Crippen LogP contribution in [0.1, 0.15) is 23.3 Å². The zero-order valence-electron chi connectivity index (χ0n) is 9.89. The predicted molar refractivity (Wildman–Crippen MR) is 69.9 cm³/mol. The van der Waals surface area contributed by atoms with E-state index in [0.29, 0.717) is 0 Å². The van der Waals surface area contributed by atoms with Gasteiger partial charge in [-0.1, -0.05) is 18.2 Å². The maximum absolute atomic E-state index is 11.1. The van der Waals surface area contributed by atoms with Crippen molar-refractivity contribution in [2.75, 3.05) is 11.9 Å². The van der Waals surface area contributed by atoms with E-state index in [1.54, 1.807) is 6.07 Å². The smallest absolute Gasteiger partial charge is 0.354 e. The number of para-hydroxylation sites is 1. The largest absolute Gasteiger partial charge is 0.477 e. The molecule has 1 saturated carbocycles. The van der Waals surface area contributed by atoms with Gasteiger partial charge in [0.15, 0.2) is 5.69 Å². The first-order valence-electron chi connectivity index (χ1n) is 6.11. The molecule has 4 heteroatoms. The fourth-order valence-corrected chi connectivity index (χ4v) is 2.01. The van der Waals surface area contributed by atoms with E-state index >= 15 is 0 Å². The molecule has 1 aromatic carbocycles. The summed E-state index contributed by atoms with van der Waals surface area (Å²) < 4.78 is 0. The minimum absolute atomic E-state index is 0.0898. The minimum Gasteiger partial charge on any atom is -0.477 e. The molecule has 0 radical (unpaired) electrons. The van der Waals surface area contributed by atoms with Crippen molar-refractivity contribution >= 4 is 22.6 Å². The number of pyridine rings is 1. The molecule has 2 N–H and O–H groups in total. The summed E-state index contributed by atoms with van der Waals surface area (Å²) in [4.78, 5) is 15.2. The van der Waals surface area contributed by atoms with Crippen molar-refractivity contribution in [2.24, 2.45) is 5.92 Å². The first kappa shape index (κ1) is 11.0. The zero-order valence-corrected chi connectivity index (χ0v) is 9.89. The number of hydrogen-bond acceptors (Lipinski definition) is 3. The summed E-state index contributed by atoms with van der Waals surface area (Å²) in [7, 11) is 0. The Morgan fingerprint density at radius 2 is 2.17 bits per heavy atom. The first-order valence-corrected chi connectivity index (χ1v) is 6.11. The van der Waals surface area contributed by atoms with E-state index in [0.717, 1.165) is 29.1 Å². The predicted octanol–water partition coefficient (Wildman–Crippen LogP) is 2.75. The molecule has 2 aromatic rings. The van der Waals surface area contributed by atoms with Gasteiger partial charge in [-0.25, -0.2) is 9.78 Å². The summed E-state index contributed by atoms with van der Waals surface area (Å²) >= 11 is 0. The molecule has 0 saturated heterocycles. The molecule has 0 spiro atoms. The van der Waals surface area contributed by atoms with Gasteiger partial charge in [0.2, 0.25) is 0 Å². The molecule has 3 rings (SSSR count). The van der Waals surface area contributed by atoms with Gasteiger partial charge in [0, 0.05) is 17.6 Å². The van der Waals surface area contributed by atoms with Crippen molar-refractivity contribution in [2.45, 2.75) is 12.8 Å². The van der Waals surface area contributed by atoms with Gasteiger partial charge in [0.05, 0.1) is 5.52 Å². The van der Waals surface area contributed by atoms with Crippen molar-refractivity contribution in [1.82, 2.24) is 4.98 Å². The van der Waals surface area contributed by atoms with Crippen LogP contribution in [-0.2, 0) is 0 Å². The number of nitrogens with zero attached hydrogens (tertiary/aromatic N) is 1. The molecule has 1 aliphatic carbocycles. The van der Waals surface area contributed by atoms with Crippen LogP contribution in [-0.4, -0.2) is 22.6 Å². The molecule has 18 heavy (non-hydrogen) atoms. The summed E-state index contributed by atoms with van der Waals surface area (Å²) in [5.74, 6) is -0.250. The molecular weight excluding hydrogens is 228 g/mol. The summed E-state index contributed by atoms with van der Waals surface area (Å²) in [6.45, 7) is 0.910. The van der Waals surface area contributed by atoms with Gasteiger partial charge in [-0.15, -0.1) is 0 Å². The van der Waals surface area contributed by atoms with E-state index in [2.05, 4.69) is 10.3 Å². The Kier molecular flexibility index (Phi) is 2.63. The number of aromatic nitrogens is 1. The molecule has 1 aliphatic rings. The number of rotatable bonds is 4. The van der Waals surface area contributed by atoms with E-state index in [4.69, 9.17) is 5.11 Å².